The van der Waals surface area contributed by atoms with Crippen LogP contribution in [0.4, 0.5) is 0 Å². The molecule has 0 spiro atoms. The van der Waals surface area contributed by atoms with Crippen molar-refractivity contribution in [3.63, 3.8) is 0 Å². The third kappa shape index (κ3) is 5.14. The number of nitrogens with two attached hydrogens (primary N) is 1. The Hall–Kier alpha value is -2.89. The molecule has 1 aliphatic heterocycles. The van der Waals surface area contributed by atoms with Crippen LogP contribution < -0.4 is 5.73 Å². The zero-order valence-electron chi connectivity index (χ0n) is 19.7. The van der Waals surface area contributed by atoms with Crippen LogP contribution in [0.2, 0.25) is 10.0 Å². The molecule has 36 heavy (non-hydrogen) atoms. The van der Waals surface area contributed by atoms with E-state index in [-0.39, 0.29) is 31.8 Å². The lowest BCUT2D eigenvalue weighted by molar-refractivity contribution is -0.118. The average Bonchev–Trinajstić information content (AvgIpc) is 2.82. The predicted molar refractivity (Wildman–Crippen MR) is 142 cm³/mol. The SMILES string of the molecule is CCS(=O)(=O)c1ccc(C(C(N)=O)c2cc(Cl)c(-c3ccc(CN4CCC4)cc3)c(Cl)c2C#N)cc1. The molecule has 1 aliphatic rings. The van der Waals surface area contributed by atoms with Crippen LogP contribution in [0.1, 0.15) is 41.5 Å². The lowest BCUT2D eigenvalue weighted by Crippen LogP contribution is -2.36. The third-order valence-electron chi connectivity index (χ3n) is 6.51. The Balaban J connectivity index is 1.74. The maximum Gasteiger partial charge on any atom is 0.229 e. The molecule has 3 aromatic carbocycles. The topological polar surface area (TPSA) is 104 Å². The second-order valence-corrected chi connectivity index (χ2v) is 11.8. The molecule has 1 heterocycles. The van der Waals surface area contributed by atoms with Crippen LogP contribution in [0.3, 0.4) is 0 Å². The Morgan fingerprint density at radius 2 is 1.75 bits per heavy atom. The van der Waals surface area contributed by atoms with Crippen molar-refractivity contribution in [2.75, 3.05) is 18.8 Å². The Labute approximate surface area is 221 Å². The Morgan fingerprint density at radius 3 is 2.25 bits per heavy atom. The fourth-order valence-electron chi connectivity index (χ4n) is 4.35. The second kappa shape index (κ2) is 10.6. The van der Waals surface area contributed by atoms with E-state index >= 15 is 0 Å². The molecule has 0 saturated carbocycles. The Morgan fingerprint density at radius 1 is 1.11 bits per heavy atom. The monoisotopic (exact) mass is 541 g/mol. The maximum atomic E-state index is 12.5. The zero-order chi connectivity index (χ0) is 26.0. The molecule has 9 heteroatoms. The number of sulfone groups is 1. The first-order valence-corrected chi connectivity index (χ1v) is 13.9. The van der Waals surface area contributed by atoms with Gasteiger partial charge in [-0.3, -0.25) is 9.69 Å². The molecule has 1 saturated heterocycles. The first-order valence-electron chi connectivity index (χ1n) is 11.5. The van der Waals surface area contributed by atoms with E-state index in [2.05, 4.69) is 11.0 Å². The van der Waals surface area contributed by atoms with Gasteiger partial charge in [-0.1, -0.05) is 66.5 Å². The van der Waals surface area contributed by atoms with Crippen LogP contribution in [0.15, 0.2) is 59.5 Å². The summed E-state index contributed by atoms with van der Waals surface area (Å²) >= 11 is 13.4. The summed E-state index contributed by atoms with van der Waals surface area (Å²) < 4.78 is 24.3. The molecule has 0 aromatic heterocycles. The highest BCUT2D eigenvalue weighted by atomic mass is 35.5. The molecule has 3 aromatic rings. The predicted octanol–water partition coefficient (Wildman–Crippen LogP) is 5.15. The van der Waals surface area contributed by atoms with Crippen molar-refractivity contribution in [1.29, 1.82) is 5.26 Å². The number of hydrogen-bond donors (Lipinski definition) is 1. The molecule has 0 radical (unpaired) electrons. The highest BCUT2D eigenvalue weighted by Gasteiger charge is 2.28. The molecule has 2 N–H and O–H groups in total. The van der Waals surface area contributed by atoms with Gasteiger partial charge in [0.15, 0.2) is 9.84 Å². The van der Waals surface area contributed by atoms with Crippen molar-refractivity contribution in [2.24, 2.45) is 5.73 Å². The minimum Gasteiger partial charge on any atom is -0.369 e. The van der Waals surface area contributed by atoms with Gasteiger partial charge >= 0.3 is 0 Å². The highest BCUT2D eigenvalue weighted by molar-refractivity contribution is 7.91. The first-order chi connectivity index (χ1) is 17.2. The van der Waals surface area contributed by atoms with E-state index in [4.69, 9.17) is 28.9 Å². The van der Waals surface area contributed by atoms with E-state index < -0.39 is 21.7 Å². The number of rotatable bonds is 8. The molecule has 1 unspecified atom stereocenters. The second-order valence-electron chi connectivity index (χ2n) is 8.76. The van der Waals surface area contributed by atoms with Crippen molar-refractivity contribution in [3.05, 3.63) is 86.9 Å². The molecule has 4 rings (SSSR count). The van der Waals surface area contributed by atoms with Crippen molar-refractivity contribution < 1.29 is 13.2 Å². The molecule has 6 nitrogen and oxygen atoms in total. The van der Waals surface area contributed by atoms with E-state index in [0.29, 0.717) is 11.1 Å². The minimum absolute atomic E-state index is 0.0455. The number of hydrogen-bond acceptors (Lipinski definition) is 5. The summed E-state index contributed by atoms with van der Waals surface area (Å²) in [6, 6.07) is 17.4. The van der Waals surface area contributed by atoms with E-state index in [1.54, 1.807) is 13.0 Å². The van der Waals surface area contributed by atoms with Crippen LogP contribution in [-0.2, 0) is 21.2 Å². The van der Waals surface area contributed by atoms with Gasteiger partial charge in [0.1, 0.15) is 6.07 Å². The zero-order valence-corrected chi connectivity index (χ0v) is 22.0. The normalized spacial score (nSPS) is 14.6. The molecular formula is C27H25Cl2N3O3S. The molecule has 1 fully saturated rings. The van der Waals surface area contributed by atoms with Crippen molar-refractivity contribution in [1.82, 2.24) is 4.90 Å². The van der Waals surface area contributed by atoms with Gasteiger partial charge in [-0.25, -0.2) is 8.42 Å². The van der Waals surface area contributed by atoms with Crippen LogP contribution in [0.25, 0.3) is 11.1 Å². The van der Waals surface area contributed by atoms with Crippen molar-refractivity contribution >= 4 is 38.9 Å². The average molecular weight is 542 g/mol. The van der Waals surface area contributed by atoms with Crippen LogP contribution in [0.5, 0.6) is 0 Å². The first kappa shape index (κ1) is 26.2. The standard InChI is InChI=1S/C27H25Cl2N3O3S/c1-2-36(34,35)20-10-8-18(9-11-20)24(27(31)33)21-14-23(28)25(26(29)22(21)15-30)19-6-4-17(5-7-19)16-32-12-3-13-32/h4-11,14,24H,2-3,12-13,16H2,1H3,(H2,31,33). The fourth-order valence-corrected chi connectivity index (χ4v) is 5.97. The number of benzene rings is 3. The van der Waals surface area contributed by atoms with Crippen LogP contribution >= 0.6 is 23.2 Å². The number of carbonyl (C=O) groups excluding carboxylic acids is 1. The van der Waals surface area contributed by atoms with Crippen molar-refractivity contribution in [3.8, 4) is 17.2 Å². The van der Waals surface area contributed by atoms with E-state index in [1.165, 1.54) is 36.2 Å². The lowest BCUT2D eigenvalue weighted by atomic mass is 9.86. The fraction of sp³-hybridized carbons (Fsp3) is 0.259. The smallest absolute Gasteiger partial charge is 0.229 e. The third-order valence-corrected chi connectivity index (χ3v) is 8.93. The Kier molecular flexibility index (Phi) is 7.72. The van der Waals surface area contributed by atoms with Gasteiger partial charge in [0, 0.05) is 12.1 Å². The van der Waals surface area contributed by atoms with Gasteiger partial charge in [0.25, 0.3) is 0 Å². The molecule has 186 valence electrons. The van der Waals surface area contributed by atoms with Gasteiger partial charge in [-0.2, -0.15) is 5.26 Å². The van der Waals surface area contributed by atoms with Gasteiger partial charge < -0.3 is 5.73 Å². The van der Waals surface area contributed by atoms with E-state index in [9.17, 15) is 18.5 Å². The van der Waals surface area contributed by atoms with Gasteiger partial charge in [-0.05, 0) is 60.0 Å². The quantitative estimate of drug-likeness (QED) is 0.424. The Bertz CT molecular complexity index is 1440. The summed E-state index contributed by atoms with van der Waals surface area (Å²) in [4.78, 5) is 15.0. The molecule has 0 bridgehead atoms. The van der Waals surface area contributed by atoms with Gasteiger partial charge in [0.2, 0.25) is 5.91 Å². The minimum atomic E-state index is -3.41. The van der Waals surface area contributed by atoms with Gasteiger partial charge in [-0.15, -0.1) is 0 Å². The summed E-state index contributed by atoms with van der Waals surface area (Å²) in [5.41, 5.74) is 8.96. The summed E-state index contributed by atoms with van der Waals surface area (Å²) in [5, 5.41) is 10.4. The maximum absolute atomic E-state index is 12.5. The molecule has 1 atom stereocenters. The number of amides is 1. The number of likely N-dealkylation sites (tertiary alicyclic amines) is 1. The van der Waals surface area contributed by atoms with Crippen LogP contribution in [0, 0.1) is 11.3 Å². The summed E-state index contributed by atoms with van der Waals surface area (Å²) in [6.07, 6.45) is 1.22. The number of halogens is 2. The summed E-state index contributed by atoms with van der Waals surface area (Å²) in [6.45, 7) is 4.64. The van der Waals surface area contributed by atoms with Crippen molar-refractivity contribution in [2.45, 2.75) is 30.7 Å². The summed E-state index contributed by atoms with van der Waals surface area (Å²) in [5.74, 6) is -1.80. The number of nitrogens with zero attached hydrogens (tertiary/aromatic N) is 2. The molecular weight excluding hydrogens is 517 g/mol. The molecule has 1 amide bonds. The summed E-state index contributed by atoms with van der Waals surface area (Å²) in [7, 11) is -3.41. The lowest BCUT2D eigenvalue weighted by Gasteiger charge is -2.30. The van der Waals surface area contributed by atoms with Gasteiger partial charge in [0.05, 0.1) is 32.2 Å². The number of primary amides is 1. The van der Waals surface area contributed by atoms with E-state index in [0.717, 1.165) is 25.2 Å². The number of carbonyl (C=O) groups is 1. The highest BCUT2D eigenvalue weighted by Crippen LogP contribution is 2.42. The van der Waals surface area contributed by atoms with Crippen LogP contribution in [-0.4, -0.2) is 38.1 Å². The molecule has 0 aliphatic carbocycles. The number of nitriles is 1. The van der Waals surface area contributed by atoms with E-state index in [1.807, 2.05) is 24.3 Å². The largest absolute Gasteiger partial charge is 0.369 e.